The number of rotatable bonds is 4. The van der Waals surface area contributed by atoms with Crippen molar-refractivity contribution in [2.24, 2.45) is 0 Å². The molecule has 1 unspecified atom stereocenters. The zero-order chi connectivity index (χ0) is 13.1. The number of nitrogens with one attached hydrogen (secondary N) is 1. The molecular formula is C14H18N2O2S. The molecule has 0 amide bonds. The zero-order valence-corrected chi connectivity index (χ0v) is 11.8. The van der Waals surface area contributed by atoms with Crippen molar-refractivity contribution in [2.45, 2.75) is 19.4 Å². The fraction of sp³-hybridized carbons (Fsp3) is 0.500. The predicted octanol–water partition coefficient (Wildman–Crippen LogP) is 2.23. The van der Waals surface area contributed by atoms with Crippen LogP contribution < -0.4 is 10.1 Å². The van der Waals surface area contributed by atoms with Gasteiger partial charge in [0.15, 0.2) is 0 Å². The molecule has 1 N–H and O–H groups in total. The van der Waals surface area contributed by atoms with Crippen molar-refractivity contribution in [2.75, 3.05) is 26.3 Å². The Labute approximate surface area is 116 Å². The standard InChI is InChI=1S/C14H18N2O2S/c1-2-17-10-3-4-12-13(7-10)19-14(16-12)8-11-9-15-5-6-18-11/h3-4,7,11,15H,2,5-6,8-9H2,1H3. The lowest BCUT2D eigenvalue weighted by molar-refractivity contribution is 0.0292. The number of thiazole rings is 1. The fourth-order valence-electron chi connectivity index (χ4n) is 2.24. The number of aromatic nitrogens is 1. The number of benzene rings is 1. The van der Waals surface area contributed by atoms with Crippen molar-refractivity contribution in [3.05, 3.63) is 23.2 Å². The molecule has 19 heavy (non-hydrogen) atoms. The Morgan fingerprint density at radius 3 is 3.26 bits per heavy atom. The van der Waals surface area contributed by atoms with Gasteiger partial charge in [0.2, 0.25) is 0 Å². The Morgan fingerprint density at radius 1 is 1.53 bits per heavy atom. The van der Waals surface area contributed by atoms with Gasteiger partial charge < -0.3 is 14.8 Å². The Balaban J connectivity index is 1.76. The van der Waals surface area contributed by atoms with Gasteiger partial charge in [0.1, 0.15) is 5.75 Å². The summed E-state index contributed by atoms with van der Waals surface area (Å²) in [4.78, 5) is 4.66. The SMILES string of the molecule is CCOc1ccc2nc(CC3CNCCO3)sc2c1. The van der Waals surface area contributed by atoms with Gasteiger partial charge in [0.05, 0.1) is 34.5 Å². The largest absolute Gasteiger partial charge is 0.494 e. The van der Waals surface area contributed by atoms with Crippen molar-refractivity contribution in [1.29, 1.82) is 0 Å². The minimum Gasteiger partial charge on any atom is -0.494 e. The molecule has 1 saturated heterocycles. The quantitative estimate of drug-likeness (QED) is 0.931. The second kappa shape index (κ2) is 5.86. The first-order valence-corrected chi connectivity index (χ1v) is 7.51. The van der Waals surface area contributed by atoms with Crippen molar-refractivity contribution in [3.8, 4) is 5.75 Å². The average Bonchev–Trinajstić information content (AvgIpc) is 2.82. The third-order valence-electron chi connectivity index (χ3n) is 3.12. The Hall–Kier alpha value is -1.17. The smallest absolute Gasteiger partial charge is 0.120 e. The van der Waals surface area contributed by atoms with E-state index in [0.29, 0.717) is 6.61 Å². The molecule has 0 bridgehead atoms. The highest BCUT2D eigenvalue weighted by molar-refractivity contribution is 7.18. The lowest BCUT2D eigenvalue weighted by Gasteiger charge is -2.22. The van der Waals surface area contributed by atoms with Crippen LogP contribution in [0.1, 0.15) is 11.9 Å². The summed E-state index contributed by atoms with van der Waals surface area (Å²) < 4.78 is 12.4. The number of fused-ring (bicyclic) bond motifs is 1. The summed E-state index contributed by atoms with van der Waals surface area (Å²) in [5.41, 5.74) is 1.05. The average molecular weight is 278 g/mol. The van der Waals surface area contributed by atoms with Crippen molar-refractivity contribution in [1.82, 2.24) is 10.3 Å². The Kier molecular flexibility index (Phi) is 3.96. The van der Waals surface area contributed by atoms with Gasteiger partial charge in [-0.05, 0) is 25.1 Å². The Bertz CT molecular complexity index is 549. The van der Waals surface area contributed by atoms with E-state index in [4.69, 9.17) is 9.47 Å². The van der Waals surface area contributed by atoms with Gasteiger partial charge in [0, 0.05) is 19.5 Å². The molecule has 1 aromatic carbocycles. The maximum Gasteiger partial charge on any atom is 0.120 e. The molecule has 3 rings (SSSR count). The zero-order valence-electron chi connectivity index (χ0n) is 11.0. The molecule has 0 saturated carbocycles. The Morgan fingerprint density at radius 2 is 2.47 bits per heavy atom. The first-order chi connectivity index (χ1) is 9.35. The number of hydrogen-bond donors (Lipinski definition) is 1. The van der Waals surface area contributed by atoms with E-state index >= 15 is 0 Å². The molecule has 5 heteroatoms. The molecule has 1 fully saturated rings. The third kappa shape index (κ3) is 3.05. The van der Waals surface area contributed by atoms with Crippen LogP contribution in [-0.4, -0.2) is 37.4 Å². The highest BCUT2D eigenvalue weighted by atomic mass is 32.1. The van der Waals surface area contributed by atoms with Gasteiger partial charge >= 0.3 is 0 Å². The molecule has 1 aromatic heterocycles. The molecule has 1 aliphatic heterocycles. The first kappa shape index (κ1) is 12.8. The number of hydrogen-bond acceptors (Lipinski definition) is 5. The molecule has 0 spiro atoms. The summed E-state index contributed by atoms with van der Waals surface area (Å²) in [6.07, 6.45) is 1.14. The van der Waals surface area contributed by atoms with E-state index < -0.39 is 0 Å². The normalized spacial score (nSPS) is 19.7. The minimum absolute atomic E-state index is 0.251. The van der Waals surface area contributed by atoms with Crippen LogP contribution in [0.25, 0.3) is 10.2 Å². The van der Waals surface area contributed by atoms with Crippen LogP contribution in [0.4, 0.5) is 0 Å². The summed E-state index contributed by atoms with van der Waals surface area (Å²) in [5, 5.41) is 4.48. The van der Waals surface area contributed by atoms with E-state index in [1.54, 1.807) is 11.3 Å². The lowest BCUT2D eigenvalue weighted by Crippen LogP contribution is -2.39. The number of morpholine rings is 1. The lowest BCUT2D eigenvalue weighted by atomic mass is 10.2. The molecule has 0 aliphatic carbocycles. The topological polar surface area (TPSA) is 43.4 Å². The van der Waals surface area contributed by atoms with E-state index in [-0.39, 0.29) is 6.10 Å². The molecule has 0 radical (unpaired) electrons. The van der Waals surface area contributed by atoms with Crippen LogP contribution in [-0.2, 0) is 11.2 Å². The predicted molar refractivity (Wildman–Crippen MR) is 77.1 cm³/mol. The van der Waals surface area contributed by atoms with E-state index in [1.165, 1.54) is 4.70 Å². The molecule has 2 aromatic rings. The van der Waals surface area contributed by atoms with Gasteiger partial charge in [0.25, 0.3) is 0 Å². The van der Waals surface area contributed by atoms with Crippen LogP contribution in [0.2, 0.25) is 0 Å². The van der Waals surface area contributed by atoms with E-state index in [0.717, 1.165) is 42.4 Å². The minimum atomic E-state index is 0.251. The maximum atomic E-state index is 5.72. The van der Waals surface area contributed by atoms with Crippen LogP contribution >= 0.6 is 11.3 Å². The summed E-state index contributed by atoms with van der Waals surface area (Å²) in [6.45, 7) is 5.35. The monoisotopic (exact) mass is 278 g/mol. The third-order valence-corrected chi connectivity index (χ3v) is 4.16. The maximum absolute atomic E-state index is 5.72. The number of nitrogens with zero attached hydrogens (tertiary/aromatic N) is 1. The van der Waals surface area contributed by atoms with Crippen molar-refractivity contribution < 1.29 is 9.47 Å². The van der Waals surface area contributed by atoms with Gasteiger partial charge in [-0.15, -0.1) is 11.3 Å². The second-order valence-electron chi connectivity index (χ2n) is 4.57. The van der Waals surface area contributed by atoms with Gasteiger partial charge in [-0.2, -0.15) is 0 Å². The van der Waals surface area contributed by atoms with Crippen LogP contribution in [0.3, 0.4) is 0 Å². The highest BCUT2D eigenvalue weighted by Crippen LogP contribution is 2.27. The van der Waals surface area contributed by atoms with E-state index in [2.05, 4.69) is 16.4 Å². The van der Waals surface area contributed by atoms with E-state index in [9.17, 15) is 0 Å². The summed E-state index contributed by atoms with van der Waals surface area (Å²) in [7, 11) is 0. The molecule has 1 aliphatic rings. The molecule has 102 valence electrons. The van der Waals surface area contributed by atoms with Gasteiger partial charge in [-0.1, -0.05) is 0 Å². The summed E-state index contributed by atoms with van der Waals surface area (Å²) in [5.74, 6) is 0.917. The molecular weight excluding hydrogens is 260 g/mol. The molecule has 4 nitrogen and oxygen atoms in total. The second-order valence-corrected chi connectivity index (χ2v) is 5.69. The van der Waals surface area contributed by atoms with Crippen LogP contribution in [0.5, 0.6) is 5.75 Å². The fourth-order valence-corrected chi connectivity index (χ4v) is 3.30. The summed E-state index contributed by atoms with van der Waals surface area (Å²) in [6, 6.07) is 6.08. The molecule has 2 heterocycles. The van der Waals surface area contributed by atoms with Crippen LogP contribution in [0.15, 0.2) is 18.2 Å². The molecule has 1 atom stereocenters. The van der Waals surface area contributed by atoms with E-state index in [1.807, 2.05) is 19.1 Å². The highest BCUT2D eigenvalue weighted by Gasteiger charge is 2.16. The first-order valence-electron chi connectivity index (χ1n) is 6.69. The van der Waals surface area contributed by atoms with Crippen molar-refractivity contribution >= 4 is 21.6 Å². The number of ether oxygens (including phenoxy) is 2. The van der Waals surface area contributed by atoms with Gasteiger partial charge in [-0.25, -0.2) is 4.98 Å². The van der Waals surface area contributed by atoms with Crippen LogP contribution in [0, 0.1) is 0 Å². The van der Waals surface area contributed by atoms with Crippen molar-refractivity contribution in [3.63, 3.8) is 0 Å². The summed E-state index contributed by atoms with van der Waals surface area (Å²) >= 11 is 1.73. The van der Waals surface area contributed by atoms with Gasteiger partial charge in [-0.3, -0.25) is 0 Å².